The molecule has 0 saturated heterocycles. The molecule has 0 unspecified atom stereocenters. The molecule has 0 fully saturated rings. The molecule has 0 saturated carbocycles. The zero-order valence-corrected chi connectivity index (χ0v) is 13.1. The lowest BCUT2D eigenvalue weighted by Crippen LogP contribution is -2.52. The molecule has 0 amide bonds. The fourth-order valence-corrected chi connectivity index (χ4v) is 4.15. The summed E-state index contributed by atoms with van der Waals surface area (Å²) in [4.78, 5) is 11.1. The molecule has 0 aliphatic heterocycles. The maximum atomic E-state index is 11.1. The van der Waals surface area contributed by atoms with Crippen LogP contribution in [0.3, 0.4) is 0 Å². The van der Waals surface area contributed by atoms with Gasteiger partial charge in [0.1, 0.15) is 11.3 Å². The van der Waals surface area contributed by atoms with Crippen LogP contribution in [-0.4, -0.2) is 21.7 Å². The first-order valence-corrected chi connectivity index (χ1v) is 7.22. The summed E-state index contributed by atoms with van der Waals surface area (Å²) in [6.45, 7) is 0. The second kappa shape index (κ2) is 4.54. The van der Waals surface area contributed by atoms with Crippen molar-refractivity contribution in [2.24, 2.45) is 5.73 Å². The van der Waals surface area contributed by atoms with Crippen molar-refractivity contribution >= 4 is 51.2 Å². The molecule has 1 aromatic rings. The summed E-state index contributed by atoms with van der Waals surface area (Å²) in [6, 6.07) is 1.83. The number of aromatic hydroxyl groups is 1. The third kappa shape index (κ3) is 2.26. The Bertz CT molecular complexity index is 504. The van der Waals surface area contributed by atoms with E-state index in [0.717, 1.165) is 18.3 Å². The van der Waals surface area contributed by atoms with Crippen molar-refractivity contribution in [2.45, 2.75) is 24.8 Å². The monoisotopic (exact) mass is 459 g/mol. The van der Waals surface area contributed by atoms with Crippen LogP contribution in [-0.2, 0) is 17.6 Å². The van der Waals surface area contributed by atoms with Crippen molar-refractivity contribution in [1.82, 2.24) is 0 Å². The van der Waals surface area contributed by atoms with Crippen molar-refractivity contribution < 1.29 is 15.0 Å². The Hall–Kier alpha value is -0.0900. The topological polar surface area (TPSA) is 83.6 Å². The second-order valence-corrected chi connectivity index (χ2v) is 6.54. The number of carboxylic acid groups (broad SMARTS) is 1. The average Bonchev–Trinajstić information content (AvgIpc) is 2.25. The third-order valence-electron chi connectivity index (χ3n) is 3.14. The van der Waals surface area contributed by atoms with Gasteiger partial charge in [0, 0.05) is 6.42 Å². The number of carboxylic acids is 1. The maximum absolute atomic E-state index is 11.1. The summed E-state index contributed by atoms with van der Waals surface area (Å²) in [5.74, 6) is -0.675. The lowest BCUT2D eigenvalue weighted by atomic mass is 9.78. The van der Waals surface area contributed by atoms with E-state index in [1.807, 2.05) is 28.7 Å². The Balaban J connectivity index is 2.50. The van der Waals surface area contributed by atoms with Crippen LogP contribution in [0.25, 0.3) is 0 Å². The number of rotatable bonds is 1. The van der Waals surface area contributed by atoms with Gasteiger partial charge in [-0.25, -0.2) is 0 Å². The molecule has 2 rings (SSSR count). The molecule has 92 valence electrons. The number of benzene rings is 1. The van der Waals surface area contributed by atoms with Crippen molar-refractivity contribution in [3.63, 3.8) is 0 Å². The first kappa shape index (κ1) is 13.3. The molecule has 0 bridgehead atoms. The highest BCUT2D eigenvalue weighted by atomic mass is 127. The quantitative estimate of drug-likeness (QED) is 0.561. The highest BCUT2D eigenvalue weighted by Crippen LogP contribution is 2.37. The van der Waals surface area contributed by atoms with E-state index in [1.54, 1.807) is 0 Å². The van der Waals surface area contributed by atoms with Crippen LogP contribution in [0.15, 0.2) is 6.07 Å². The fourth-order valence-electron chi connectivity index (χ4n) is 2.08. The minimum absolute atomic E-state index is 0.282. The van der Waals surface area contributed by atoms with E-state index in [4.69, 9.17) is 10.8 Å². The highest BCUT2D eigenvalue weighted by Gasteiger charge is 2.38. The number of phenols is 1. The van der Waals surface area contributed by atoms with Gasteiger partial charge in [0.2, 0.25) is 0 Å². The second-order valence-electron chi connectivity index (χ2n) is 4.30. The van der Waals surface area contributed by atoms with E-state index < -0.39 is 11.5 Å². The molecule has 0 aromatic heterocycles. The van der Waals surface area contributed by atoms with E-state index in [2.05, 4.69) is 22.6 Å². The summed E-state index contributed by atoms with van der Waals surface area (Å²) >= 11 is 4.14. The summed E-state index contributed by atoms with van der Waals surface area (Å²) in [5, 5.41) is 19.0. The molecule has 1 aliphatic rings. The van der Waals surface area contributed by atoms with Gasteiger partial charge in [-0.1, -0.05) is 0 Å². The van der Waals surface area contributed by atoms with Crippen LogP contribution in [0, 0.1) is 7.14 Å². The average molecular weight is 459 g/mol. The fraction of sp³-hybridized carbons (Fsp3) is 0.364. The van der Waals surface area contributed by atoms with Crippen LogP contribution >= 0.6 is 45.2 Å². The molecule has 4 nitrogen and oxygen atoms in total. The molecule has 1 aliphatic carbocycles. The first-order chi connectivity index (χ1) is 7.85. The molecule has 1 aromatic carbocycles. The van der Waals surface area contributed by atoms with Gasteiger partial charge in [0.15, 0.2) is 0 Å². The van der Waals surface area contributed by atoms with Crippen molar-refractivity contribution in [2.75, 3.05) is 0 Å². The Morgan fingerprint density at radius 3 is 2.71 bits per heavy atom. The standard InChI is InChI=1S/C11H11I2NO3/c12-7-3-5-4-11(14,10(16)17)2-1-6(5)8(13)9(7)15/h3,15H,1-2,4,14H2,(H,16,17)/t11-/m1/s1. The minimum atomic E-state index is -1.17. The van der Waals surface area contributed by atoms with Crippen molar-refractivity contribution in [3.8, 4) is 5.75 Å². The summed E-state index contributed by atoms with van der Waals surface area (Å²) in [5.41, 5.74) is 6.69. The van der Waals surface area contributed by atoms with Gasteiger partial charge in [-0.3, -0.25) is 4.79 Å². The van der Waals surface area contributed by atoms with Crippen LogP contribution in [0.1, 0.15) is 17.5 Å². The SMILES string of the molecule is N[C@]1(C(=O)O)CCc2c(cc(I)c(O)c2I)C1. The Labute approximate surface area is 126 Å². The molecular formula is C11H11I2NO3. The Morgan fingerprint density at radius 1 is 1.47 bits per heavy atom. The predicted octanol–water partition coefficient (Wildman–Crippen LogP) is 1.87. The van der Waals surface area contributed by atoms with E-state index in [-0.39, 0.29) is 5.75 Å². The molecule has 0 radical (unpaired) electrons. The van der Waals surface area contributed by atoms with E-state index in [0.29, 0.717) is 19.3 Å². The smallest absolute Gasteiger partial charge is 0.324 e. The minimum Gasteiger partial charge on any atom is -0.506 e. The summed E-state index contributed by atoms with van der Waals surface area (Å²) in [7, 11) is 0. The van der Waals surface area contributed by atoms with Crippen LogP contribution in [0.2, 0.25) is 0 Å². The molecule has 4 N–H and O–H groups in total. The highest BCUT2D eigenvalue weighted by molar-refractivity contribution is 14.1. The number of hydrogen-bond donors (Lipinski definition) is 3. The van der Waals surface area contributed by atoms with Gasteiger partial charge in [-0.2, -0.15) is 0 Å². The van der Waals surface area contributed by atoms with Crippen LogP contribution in [0.5, 0.6) is 5.75 Å². The van der Waals surface area contributed by atoms with Gasteiger partial charge in [-0.05, 0) is 75.2 Å². The normalized spacial score (nSPS) is 23.2. The largest absolute Gasteiger partial charge is 0.506 e. The van der Waals surface area contributed by atoms with E-state index in [1.165, 1.54) is 0 Å². The Morgan fingerprint density at radius 2 is 2.12 bits per heavy atom. The van der Waals surface area contributed by atoms with Gasteiger partial charge in [0.25, 0.3) is 0 Å². The molecular weight excluding hydrogens is 448 g/mol. The van der Waals surface area contributed by atoms with Crippen molar-refractivity contribution in [1.29, 1.82) is 0 Å². The van der Waals surface area contributed by atoms with Crippen LogP contribution in [0.4, 0.5) is 0 Å². The van der Waals surface area contributed by atoms with Gasteiger partial charge in [0.05, 0.1) is 7.14 Å². The van der Waals surface area contributed by atoms with Crippen molar-refractivity contribution in [3.05, 3.63) is 24.3 Å². The number of carbonyl (C=O) groups is 1. The lowest BCUT2D eigenvalue weighted by Gasteiger charge is -2.31. The van der Waals surface area contributed by atoms with E-state index in [9.17, 15) is 9.90 Å². The Kier molecular flexibility index (Phi) is 3.56. The zero-order valence-electron chi connectivity index (χ0n) is 8.83. The van der Waals surface area contributed by atoms with Gasteiger partial charge in [-0.15, -0.1) is 0 Å². The molecule has 17 heavy (non-hydrogen) atoms. The number of nitrogens with two attached hydrogens (primary N) is 1. The van der Waals surface area contributed by atoms with E-state index >= 15 is 0 Å². The number of halogens is 2. The summed E-state index contributed by atoms with van der Waals surface area (Å²) < 4.78 is 1.55. The summed E-state index contributed by atoms with van der Waals surface area (Å²) in [6.07, 6.45) is 1.33. The van der Waals surface area contributed by atoms with Gasteiger partial charge >= 0.3 is 5.97 Å². The first-order valence-electron chi connectivity index (χ1n) is 5.06. The predicted molar refractivity (Wildman–Crippen MR) is 80.1 cm³/mol. The number of hydrogen-bond acceptors (Lipinski definition) is 3. The molecule has 0 spiro atoms. The molecule has 6 heteroatoms. The molecule has 1 atom stereocenters. The van der Waals surface area contributed by atoms with Crippen LogP contribution < -0.4 is 5.73 Å². The zero-order chi connectivity index (χ0) is 12.8. The number of aliphatic carboxylic acids is 1. The van der Waals surface area contributed by atoms with Gasteiger partial charge < -0.3 is 15.9 Å². The molecule has 0 heterocycles. The third-order valence-corrected chi connectivity index (χ3v) is 5.12. The number of fused-ring (bicyclic) bond motifs is 1. The lowest BCUT2D eigenvalue weighted by molar-refractivity contribution is -0.143. The maximum Gasteiger partial charge on any atom is 0.324 e. The number of phenolic OH excluding ortho intramolecular Hbond substituents is 1.